The van der Waals surface area contributed by atoms with Crippen LogP contribution in [0.25, 0.3) is 0 Å². The van der Waals surface area contributed by atoms with E-state index in [2.05, 4.69) is 4.52 Å². The van der Waals surface area contributed by atoms with Gasteiger partial charge in [0.05, 0.1) is 6.61 Å². The molecule has 0 saturated carbocycles. The Morgan fingerprint density at radius 2 is 2.00 bits per heavy atom. The van der Waals surface area contributed by atoms with Gasteiger partial charge in [0.25, 0.3) is 5.56 Å². The van der Waals surface area contributed by atoms with Gasteiger partial charge in [-0.2, -0.15) is 0 Å². The van der Waals surface area contributed by atoms with Crippen LogP contribution in [0, 0.1) is 6.92 Å². The fraction of sp³-hybridized carbons (Fsp3) is 0.600. The maximum absolute atomic E-state index is 11.8. The number of H-pyrrole nitrogens is 1. The van der Waals surface area contributed by atoms with Crippen LogP contribution in [0.5, 0.6) is 0 Å². The van der Waals surface area contributed by atoms with Gasteiger partial charge in [-0.15, -0.1) is 0 Å². The van der Waals surface area contributed by atoms with Gasteiger partial charge in [0, 0.05) is 11.8 Å². The number of hydrogen-bond donors (Lipinski definition) is 5. The number of phosphoric acid groups is 1. The third-order valence-corrected chi connectivity index (χ3v) is 3.65. The van der Waals surface area contributed by atoms with Gasteiger partial charge < -0.3 is 24.7 Å². The lowest BCUT2D eigenvalue weighted by Gasteiger charge is -2.19. The van der Waals surface area contributed by atoms with E-state index in [0.29, 0.717) is 0 Å². The van der Waals surface area contributed by atoms with Crippen molar-refractivity contribution in [1.29, 1.82) is 0 Å². The average Bonchev–Trinajstić information content (AvgIpc) is 2.63. The summed E-state index contributed by atoms with van der Waals surface area (Å²) < 4.78 is 21.0. The van der Waals surface area contributed by atoms with Crippen molar-refractivity contribution in [3.05, 3.63) is 32.6 Å². The predicted octanol–water partition coefficient (Wildman–Crippen LogP) is -2.43. The summed E-state index contributed by atoms with van der Waals surface area (Å²) in [6, 6.07) is 1.10. The monoisotopic (exact) mass is 338 g/mol. The van der Waals surface area contributed by atoms with Crippen LogP contribution in [0.1, 0.15) is 11.9 Å². The first kappa shape index (κ1) is 17.0. The Bertz CT molecular complexity index is 707. The van der Waals surface area contributed by atoms with Crippen molar-refractivity contribution < 1.29 is 33.8 Å². The molecule has 1 aliphatic rings. The van der Waals surface area contributed by atoms with Crippen molar-refractivity contribution in [2.45, 2.75) is 31.5 Å². The van der Waals surface area contributed by atoms with Gasteiger partial charge >= 0.3 is 13.5 Å². The highest BCUT2D eigenvalue weighted by atomic mass is 31.2. The molecule has 1 aromatic heterocycles. The van der Waals surface area contributed by atoms with Crippen molar-refractivity contribution >= 4 is 7.82 Å². The summed E-state index contributed by atoms with van der Waals surface area (Å²) in [5, 5.41) is 19.8. The number of aliphatic hydroxyl groups is 2. The summed E-state index contributed by atoms with van der Waals surface area (Å²) in [5.41, 5.74) is -1.30. The highest BCUT2D eigenvalue weighted by molar-refractivity contribution is 7.46. The zero-order valence-electron chi connectivity index (χ0n) is 11.3. The molecular weight excluding hydrogens is 323 g/mol. The second-order valence-corrected chi connectivity index (χ2v) is 6.02. The summed E-state index contributed by atoms with van der Waals surface area (Å²) in [6.45, 7) is 0.745. The second-order valence-electron chi connectivity index (χ2n) is 4.78. The quantitative estimate of drug-likeness (QED) is 0.374. The van der Waals surface area contributed by atoms with Gasteiger partial charge in [0.1, 0.15) is 18.3 Å². The first-order chi connectivity index (χ1) is 10.1. The van der Waals surface area contributed by atoms with E-state index in [4.69, 9.17) is 14.5 Å². The van der Waals surface area contributed by atoms with Crippen LogP contribution >= 0.6 is 7.82 Å². The topological polar surface area (TPSA) is 171 Å². The van der Waals surface area contributed by atoms with Gasteiger partial charge in [-0.1, -0.05) is 0 Å². The molecule has 2 rings (SSSR count). The maximum atomic E-state index is 11.8. The van der Waals surface area contributed by atoms with E-state index in [0.717, 1.165) is 10.6 Å². The van der Waals surface area contributed by atoms with Crippen LogP contribution in [0.3, 0.4) is 0 Å². The van der Waals surface area contributed by atoms with Crippen LogP contribution in [0.15, 0.2) is 15.7 Å². The molecule has 1 saturated heterocycles. The first-order valence-corrected chi connectivity index (χ1v) is 7.67. The Morgan fingerprint density at radius 3 is 2.55 bits per heavy atom. The lowest BCUT2D eigenvalue weighted by molar-refractivity contribution is -0.0552. The minimum absolute atomic E-state index is 0.182. The van der Waals surface area contributed by atoms with Crippen molar-refractivity contribution in [2.24, 2.45) is 0 Å². The highest BCUT2D eigenvalue weighted by Gasteiger charge is 2.45. The lowest BCUT2D eigenvalue weighted by atomic mass is 10.1. The van der Waals surface area contributed by atoms with Crippen LogP contribution < -0.4 is 11.2 Å². The van der Waals surface area contributed by atoms with Crippen LogP contribution in [0.2, 0.25) is 0 Å². The Hall–Kier alpha value is -1.33. The number of hydrogen-bond acceptors (Lipinski definition) is 7. The third kappa shape index (κ3) is 3.52. The van der Waals surface area contributed by atoms with Gasteiger partial charge in [0.15, 0.2) is 6.23 Å². The third-order valence-electron chi connectivity index (χ3n) is 3.17. The molecule has 1 aromatic rings. The minimum atomic E-state index is -4.77. The Morgan fingerprint density at radius 1 is 1.36 bits per heavy atom. The molecule has 124 valence electrons. The summed E-state index contributed by atoms with van der Waals surface area (Å²) in [4.78, 5) is 42.2. The number of nitrogens with zero attached hydrogens (tertiary/aromatic N) is 1. The normalized spacial score (nSPS) is 29.0. The van der Waals surface area contributed by atoms with Crippen molar-refractivity contribution in [3.8, 4) is 0 Å². The Kier molecular flexibility index (Phi) is 4.68. The van der Waals surface area contributed by atoms with Crippen molar-refractivity contribution in [3.63, 3.8) is 0 Å². The maximum Gasteiger partial charge on any atom is 0.469 e. The van der Waals surface area contributed by atoms with E-state index < -0.39 is 50.2 Å². The second kappa shape index (κ2) is 6.05. The molecule has 0 bridgehead atoms. The number of aryl methyl sites for hydroxylation is 1. The standard InChI is InChI=1S/C10H15N2O9P/c1-4-2-6(13)11-10(16)12(4)9-8(15)7(14)5(21-9)3-20-22(17,18)19/h2,5,7-9,14-15H,3H2,1H3,(H,11,13,16)(H2,17,18,19)/t5-,7+,8?,9-/m1/s1. The molecule has 12 heteroatoms. The highest BCUT2D eigenvalue weighted by Crippen LogP contribution is 2.38. The molecule has 1 aliphatic heterocycles. The van der Waals surface area contributed by atoms with Crippen LogP contribution in [0.4, 0.5) is 0 Å². The molecule has 22 heavy (non-hydrogen) atoms. The molecular formula is C10H15N2O9P. The smallest absolute Gasteiger partial charge is 0.387 e. The summed E-state index contributed by atoms with van der Waals surface area (Å²) in [7, 11) is -4.77. The average molecular weight is 338 g/mol. The molecule has 0 aliphatic carbocycles. The largest absolute Gasteiger partial charge is 0.469 e. The molecule has 0 amide bonds. The molecule has 0 radical (unpaired) electrons. The van der Waals surface area contributed by atoms with Crippen LogP contribution in [-0.4, -0.2) is 54.5 Å². The van der Waals surface area contributed by atoms with E-state index in [1.807, 2.05) is 4.98 Å². The number of nitrogens with one attached hydrogen (secondary N) is 1. The summed E-state index contributed by atoms with van der Waals surface area (Å²) >= 11 is 0. The number of ether oxygens (including phenoxy) is 1. The molecule has 4 atom stereocenters. The van der Waals surface area contributed by atoms with Gasteiger partial charge in [-0.05, 0) is 6.92 Å². The summed E-state index contributed by atoms with van der Waals surface area (Å²) in [5.74, 6) is 0. The predicted molar refractivity (Wildman–Crippen MR) is 70.0 cm³/mol. The van der Waals surface area contributed by atoms with E-state index in [-0.39, 0.29) is 5.69 Å². The molecule has 2 heterocycles. The SMILES string of the molecule is Cc1cc(=O)[nH]c(=O)n1[C@@H]1O[C@H](COP(=O)(O)O)[C@H](O)C1O. The zero-order valence-corrected chi connectivity index (χ0v) is 12.2. The number of phosphoric ester groups is 1. The lowest BCUT2D eigenvalue weighted by Crippen LogP contribution is -2.39. The summed E-state index contributed by atoms with van der Waals surface area (Å²) in [6.07, 6.45) is -5.67. The fourth-order valence-electron chi connectivity index (χ4n) is 2.19. The number of aliphatic hydroxyl groups excluding tert-OH is 2. The molecule has 1 unspecified atom stereocenters. The molecule has 0 spiro atoms. The number of aromatic amines is 1. The van der Waals surface area contributed by atoms with E-state index in [1.54, 1.807) is 0 Å². The van der Waals surface area contributed by atoms with Gasteiger partial charge in [-0.3, -0.25) is 18.9 Å². The minimum Gasteiger partial charge on any atom is -0.387 e. The van der Waals surface area contributed by atoms with Crippen molar-refractivity contribution in [2.75, 3.05) is 6.61 Å². The van der Waals surface area contributed by atoms with E-state index in [1.165, 1.54) is 6.92 Å². The molecule has 5 N–H and O–H groups in total. The number of rotatable bonds is 4. The van der Waals surface area contributed by atoms with E-state index >= 15 is 0 Å². The molecule has 0 aromatic carbocycles. The van der Waals surface area contributed by atoms with Gasteiger partial charge in [-0.25, -0.2) is 9.36 Å². The van der Waals surface area contributed by atoms with Gasteiger partial charge in [0.2, 0.25) is 0 Å². The Balaban J connectivity index is 2.26. The zero-order chi connectivity index (χ0) is 16.7. The van der Waals surface area contributed by atoms with E-state index in [9.17, 15) is 24.4 Å². The Labute approximate surface area is 123 Å². The van der Waals surface area contributed by atoms with Crippen molar-refractivity contribution in [1.82, 2.24) is 9.55 Å². The van der Waals surface area contributed by atoms with Crippen LogP contribution in [-0.2, 0) is 13.8 Å². The number of aromatic nitrogens is 2. The fourth-order valence-corrected chi connectivity index (χ4v) is 2.53. The molecule has 11 nitrogen and oxygen atoms in total. The molecule has 1 fully saturated rings. The first-order valence-electron chi connectivity index (χ1n) is 6.14.